The number of nitrogens with zero attached hydrogens (tertiary/aromatic N) is 1. The lowest BCUT2D eigenvalue weighted by Crippen LogP contribution is -2.14. The first-order valence-corrected chi connectivity index (χ1v) is 8.97. The third kappa shape index (κ3) is 2.88. The van der Waals surface area contributed by atoms with Gasteiger partial charge in [0.25, 0.3) is 15.7 Å². The summed E-state index contributed by atoms with van der Waals surface area (Å²) in [6, 6.07) is 8.51. The van der Waals surface area contributed by atoms with E-state index in [1.54, 1.807) is 6.07 Å². The molecule has 124 valence electrons. The highest BCUT2D eigenvalue weighted by molar-refractivity contribution is 7.92. The van der Waals surface area contributed by atoms with Gasteiger partial charge in [-0.25, -0.2) is 8.42 Å². The fraction of sp³-hybridized carbons (Fsp3) is 0.0714. The lowest BCUT2D eigenvalue weighted by atomic mass is 10.2. The van der Waals surface area contributed by atoms with Gasteiger partial charge in [0.1, 0.15) is 0 Å². The van der Waals surface area contributed by atoms with E-state index >= 15 is 0 Å². The van der Waals surface area contributed by atoms with Crippen molar-refractivity contribution in [3.8, 4) is 0 Å². The van der Waals surface area contributed by atoms with Crippen molar-refractivity contribution in [2.24, 2.45) is 0 Å². The monoisotopic (exact) mass is 365 g/mol. The first-order chi connectivity index (χ1) is 11.3. The number of fused-ring (bicyclic) bond motifs is 1. The highest BCUT2D eigenvalue weighted by atomic mass is 32.2. The van der Waals surface area contributed by atoms with Crippen molar-refractivity contribution in [1.82, 2.24) is 4.98 Å². The second-order valence-corrected chi connectivity index (χ2v) is 7.65. The van der Waals surface area contributed by atoms with Gasteiger partial charge >= 0.3 is 4.87 Å². The molecule has 8 nitrogen and oxygen atoms in total. The molecular formula is C14H11N3O5S2. The van der Waals surface area contributed by atoms with Crippen LogP contribution >= 0.6 is 11.3 Å². The average molecular weight is 365 g/mol. The Kier molecular flexibility index (Phi) is 3.85. The fourth-order valence-corrected chi connectivity index (χ4v) is 4.35. The van der Waals surface area contributed by atoms with Gasteiger partial charge in [0.2, 0.25) is 0 Å². The van der Waals surface area contributed by atoms with Crippen LogP contribution in [-0.2, 0) is 10.0 Å². The summed E-state index contributed by atoms with van der Waals surface area (Å²) in [7, 11) is -4.00. The van der Waals surface area contributed by atoms with Crippen LogP contribution < -0.4 is 9.60 Å². The minimum absolute atomic E-state index is 0.0556. The largest absolute Gasteiger partial charge is 0.312 e. The number of nitro groups is 1. The van der Waals surface area contributed by atoms with Gasteiger partial charge in [0.05, 0.1) is 25.7 Å². The molecule has 0 spiro atoms. The summed E-state index contributed by atoms with van der Waals surface area (Å²) < 4.78 is 28.1. The van der Waals surface area contributed by atoms with Crippen molar-refractivity contribution in [3.63, 3.8) is 0 Å². The summed E-state index contributed by atoms with van der Waals surface area (Å²) in [5, 5.41) is 11.0. The fourth-order valence-electron chi connectivity index (χ4n) is 2.32. The molecule has 0 saturated carbocycles. The molecule has 3 rings (SSSR count). The summed E-state index contributed by atoms with van der Waals surface area (Å²) in [5.41, 5.74) is 0.555. The molecule has 0 saturated heterocycles. The second-order valence-electron chi connectivity index (χ2n) is 4.99. The first-order valence-electron chi connectivity index (χ1n) is 6.67. The Hall–Kier alpha value is -2.72. The van der Waals surface area contributed by atoms with E-state index < -0.39 is 14.9 Å². The number of aromatic nitrogens is 1. The molecule has 3 aromatic rings. The second kappa shape index (κ2) is 5.73. The van der Waals surface area contributed by atoms with E-state index in [-0.39, 0.29) is 26.7 Å². The predicted molar refractivity (Wildman–Crippen MR) is 91.1 cm³/mol. The van der Waals surface area contributed by atoms with Gasteiger partial charge in [-0.3, -0.25) is 19.6 Å². The quantitative estimate of drug-likeness (QED) is 0.543. The van der Waals surface area contributed by atoms with E-state index in [2.05, 4.69) is 9.71 Å². The van der Waals surface area contributed by atoms with Gasteiger partial charge in [-0.2, -0.15) is 0 Å². The zero-order valence-corrected chi connectivity index (χ0v) is 13.9. The number of rotatable bonds is 4. The van der Waals surface area contributed by atoms with Crippen LogP contribution in [0, 0.1) is 17.0 Å². The molecule has 0 amide bonds. The number of benzene rings is 2. The molecule has 1 aromatic heterocycles. The van der Waals surface area contributed by atoms with Crippen molar-refractivity contribution in [3.05, 3.63) is 61.7 Å². The van der Waals surface area contributed by atoms with Gasteiger partial charge in [-0.15, -0.1) is 0 Å². The van der Waals surface area contributed by atoms with E-state index in [1.807, 2.05) is 0 Å². The average Bonchev–Trinajstić information content (AvgIpc) is 2.85. The van der Waals surface area contributed by atoms with E-state index in [4.69, 9.17) is 0 Å². The van der Waals surface area contributed by atoms with E-state index in [0.29, 0.717) is 10.2 Å². The topological polar surface area (TPSA) is 122 Å². The highest BCUT2D eigenvalue weighted by Crippen LogP contribution is 2.27. The standard InChI is InChI=1S/C14H11N3O5S2/c1-8-11(17(19)20)3-2-4-13(8)24(21,22)16-9-5-6-12-10(7-9)15-14(18)23-12/h2-7,16H,1H3,(H,15,18). The Morgan fingerprint density at radius 1 is 1.25 bits per heavy atom. The Balaban J connectivity index is 2.03. The van der Waals surface area contributed by atoms with E-state index in [9.17, 15) is 23.3 Å². The summed E-state index contributed by atoms with van der Waals surface area (Å²) in [6.07, 6.45) is 0. The van der Waals surface area contributed by atoms with Gasteiger partial charge in [0.15, 0.2) is 0 Å². The number of aromatic amines is 1. The highest BCUT2D eigenvalue weighted by Gasteiger charge is 2.23. The molecule has 0 radical (unpaired) electrons. The third-order valence-electron chi connectivity index (χ3n) is 3.41. The van der Waals surface area contributed by atoms with Crippen LogP contribution in [0.25, 0.3) is 10.2 Å². The number of sulfonamides is 1. The number of hydrogen-bond acceptors (Lipinski definition) is 6. The van der Waals surface area contributed by atoms with Crippen molar-refractivity contribution in [1.29, 1.82) is 0 Å². The minimum atomic E-state index is -4.00. The van der Waals surface area contributed by atoms with Crippen molar-refractivity contribution in [2.45, 2.75) is 11.8 Å². The summed E-state index contributed by atoms with van der Waals surface area (Å²) in [4.78, 5) is 23.8. The van der Waals surface area contributed by atoms with Gasteiger partial charge in [-0.1, -0.05) is 17.4 Å². The molecule has 0 atom stereocenters. The number of nitrogens with one attached hydrogen (secondary N) is 2. The molecule has 0 aliphatic rings. The Morgan fingerprint density at radius 2 is 2.00 bits per heavy atom. The molecule has 0 unspecified atom stereocenters. The van der Waals surface area contributed by atoms with Crippen LogP contribution in [0.3, 0.4) is 0 Å². The normalized spacial score (nSPS) is 11.5. The molecule has 0 aliphatic heterocycles. The number of thiazole rings is 1. The number of anilines is 1. The van der Waals surface area contributed by atoms with E-state index in [0.717, 1.165) is 11.3 Å². The van der Waals surface area contributed by atoms with Gasteiger partial charge in [0, 0.05) is 11.6 Å². The van der Waals surface area contributed by atoms with Crippen LogP contribution in [0.2, 0.25) is 0 Å². The summed E-state index contributed by atoms with van der Waals surface area (Å²) in [6.45, 7) is 1.38. The molecule has 2 aromatic carbocycles. The number of H-pyrrole nitrogens is 1. The maximum atomic E-state index is 12.5. The van der Waals surface area contributed by atoms with Crippen LogP contribution in [0.15, 0.2) is 46.1 Å². The Labute approximate surface area is 140 Å². The van der Waals surface area contributed by atoms with Crippen LogP contribution in [0.1, 0.15) is 5.56 Å². The SMILES string of the molecule is Cc1c([N+](=O)[O-])cccc1S(=O)(=O)Nc1ccc2sc(=O)[nH]c2c1. The predicted octanol–water partition coefficient (Wildman–Crippen LogP) is 2.61. The number of nitro benzene ring substituents is 1. The Morgan fingerprint density at radius 3 is 2.71 bits per heavy atom. The molecule has 0 aliphatic carbocycles. The zero-order valence-electron chi connectivity index (χ0n) is 12.3. The molecule has 2 N–H and O–H groups in total. The maximum absolute atomic E-state index is 12.5. The molecule has 10 heteroatoms. The zero-order chi connectivity index (χ0) is 17.5. The lowest BCUT2D eigenvalue weighted by Gasteiger charge is -2.10. The Bertz CT molecular complexity index is 1110. The molecule has 24 heavy (non-hydrogen) atoms. The van der Waals surface area contributed by atoms with Gasteiger partial charge < -0.3 is 4.98 Å². The lowest BCUT2D eigenvalue weighted by molar-refractivity contribution is -0.385. The van der Waals surface area contributed by atoms with Crippen LogP contribution in [0.4, 0.5) is 11.4 Å². The number of hydrogen-bond donors (Lipinski definition) is 2. The van der Waals surface area contributed by atoms with Gasteiger partial charge in [-0.05, 0) is 31.2 Å². The van der Waals surface area contributed by atoms with Crippen LogP contribution in [-0.4, -0.2) is 18.3 Å². The molecular weight excluding hydrogens is 354 g/mol. The summed E-state index contributed by atoms with van der Waals surface area (Å²) in [5.74, 6) is 0. The molecule has 1 heterocycles. The van der Waals surface area contributed by atoms with Crippen molar-refractivity contribution in [2.75, 3.05) is 4.72 Å². The summed E-state index contributed by atoms with van der Waals surface area (Å²) >= 11 is 1.02. The smallest absolute Gasteiger partial charge is 0.305 e. The van der Waals surface area contributed by atoms with Crippen molar-refractivity contribution >= 4 is 43.0 Å². The maximum Gasteiger partial charge on any atom is 0.305 e. The molecule has 0 fully saturated rings. The van der Waals surface area contributed by atoms with Crippen molar-refractivity contribution < 1.29 is 13.3 Å². The minimum Gasteiger partial charge on any atom is -0.312 e. The molecule has 0 bridgehead atoms. The van der Waals surface area contributed by atoms with Crippen LogP contribution in [0.5, 0.6) is 0 Å². The first kappa shape index (κ1) is 16.1. The third-order valence-corrected chi connectivity index (χ3v) is 5.80. The van der Waals surface area contributed by atoms with E-state index in [1.165, 1.54) is 37.3 Å².